The molecule has 1 aliphatic heterocycles. The average Bonchev–Trinajstić information content (AvgIpc) is 2.67. The molecule has 1 aromatic heterocycles. The SMILES string of the molecule is CCCNc1nc(N2CC(C)CC2C)c(Cl)cc1Cl. The van der Waals surface area contributed by atoms with Crippen LogP contribution in [-0.2, 0) is 0 Å². The zero-order valence-corrected chi connectivity index (χ0v) is 13.2. The Labute approximate surface area is 125 Å². The van der Waals surface area contributed by atoms with E-state index in [-0.39, 0.29) is 0 Å². The van der Waals surface area contributed by atoms with Crippen LogP contribution in [0.25, 0.3) is 0 Å². The van der Waals surface area contributed by atoms with Gasteiger partial charge in [-0.15, -0.1) is 0 Å². The van der Waals surface area contributed by atoms with E-state index in [9.17, 15) is 0 Å². The first-order chi connectivity index (χ1) is 9.02. The van der Waals surface area contributed by atoms with Crippen molar-refractivity contribution in [2.45, 2.75) is 39.7 Å². The molecule has 1 aromatic rings. The molecular formula is C14H21Cl2N3. The van der Waals surface area contributed by atoms with E-state index in [0.29, 0.717) is 22.0 Å². The Bertz CT molecular complexity index is 451. The molecule has 0 radical (unpaired) electrons. The summed E-state index contributed by atoms with van der Waals surface area (Å²) in [5, 5.41) is 4.47. The molecule has 1 aliphatic rings. The number of halogens is 2. The minimum Gasteiger partial charge on any atom is -0.369 e. The minimum absolute atomic E-state index is 0.472. The van der Waals surface area contributed by atoms with Crippen LogP contribution in [-0.4, -0.2) is 24.1 Å². The Hall–Kier alpha value is -0.670. The van der Waals surface area contributed by atoms with Crippen LogP contribution in [0, 0.1) is 5.92 Å². The summed E-state index contributed by atoms with van der Waals surface area (Å²) in [4.78, 5) is 6.91. The second kappa shape index (κ2) is 6.19. The number of nitrogens with zero attached hydrogens (tertiary/aromatic N) is 2. The van der Waals surface area contributed by atoms with Crippen molar-refractivity contribution in [2.75, 3.05) is 23.3 Å². The van der Waals surface area contributed by atoms with Crippen LogP contribution < -0.4 is 10.2 Å². The molecule has 0 bridgehead atoms. The van der Waals surface area contributed by atoms with E-state index < -0.39 is 0 Å². The Balaban J connectivity index is 2.29. The van der Waals surface area contributed by atoms with Crippen LogP contribution in [0.5, 0.6) is 0 Å². The van der Waals surface area contributed by atoms with Gasteiger partial charge in [-0.05, 0) is 31.7 Å². The molecule has 3 nitrogen and oxygen atoms in total. The second-order valence-electron chi connectivity index (χ2n) is 5.39. The normalized spacial score (nSPS) is 22.9. The van der Waals surface area contributed by atoms with Crippen molar-refractivity contribution in [1.82, 2.24) is 4.98 Å². The minimum atomic E-state index is 0.472. The largest absolute Gasteiger partial charge is 0.369 e. The van der Waals surface area contributed by atoms with E-state index in [1.807, 2.05) is 0 Å². The molecule has 2 atom stereocenters. The van der Waals surface area contributed by atoms with Crippen molar-refractivity contribution in [3.05, 3.63) is 16.1 Å². The molecule has 0 aliphatic carbocycles. The summed E-state index contributed by atoms with van der Waals surface area (Å²) in [5.74, 6) is 2.26. The lowest BCUT2D eigenvalue weighted by atomic mass is 10.1. The second-order valence-corrected chi connectivity index (χ2v) is 6.21. The molecule has 0 amide bonds. The van der Waals surface area contributed by atoms with Gasteiger partial charge in [0.05, 0.1) is 10.0 Å². The lowest BCUT2D eigenvalue weighted by molar-refractivity contribution is 0.625. The van der Waals surface area contributed by atoms with Gasteiger partial charge in [-0.1, -0.05) is 37.0 Å². The van der Waals surface area contributed by atoms with Crippen LogP contribution >= 0.6 is 23.2 Å². The van der Waals surface area contributed by atoms with E-state index >= 15 is 0 Å². The lowest BCUT2D eigenvalue weighted by Crippen LogP contribution is -2.28. The smallest absolute Gasteiger partial charge is 0.150 e. The van der Waals surface area contributed by atoms with Crippen molar-refractivity contribution in [1.29, 1.82) is 0 Å². The maximum atomic E-state index is 6.31. The number of hydrogen-bond donors (Lipinski definition) is 1. The molecule has 19 heavy (non-hydrogen) atoms. The summed E-state index contributed by atoms with van der Waals surface area (Å²) in [6, 6.07) is 2.26. The molecular weight excluding hydrogens is 281 g/mol. The number of hydrogen-bond acceptors (Lipinski definition) is 3. The first kappa shape index (κ1) is 14.7. The maximum absolute atomic E-state index is 6.31. The maximum Gasteiger partial charge on any atom is 0.150 e. The van der Waals surface area contributed by atoms with Gasteiger partial charge in [0.1, 0.15) is 11.6 Å². The van der Waals surface area contributed by atoms with Gasteiger partial charge >= 0.3 is 0 Å². The molecule has 0 aromatic carbocycles. The van der Waals surface area contributed by atoms with Gasteiger partial charge in [-0.3, -0.25) is 0 Å². The summed E-state index contributed by atoms with van der Waals surface area (Å²) in [7, 11) is 0. The highest BCUT2D eigenvalue weighted by atomic mass is 35.5. The fourth-order valence-electron chi connectivity index (χ4n) is 2.62. The molecule has 0 spiro atoms. The van der Waals surface area contributed by atoms with Crippen LogP contribution in [0.15, 0.2) is 6.07 Å². The zero-order chi connectivity index (χ0) is 14.0. The number of pyridine rings is 1. The summed E-state index contributed by atoms with van der Waals surface area (Å²) < 4.78 is 0. The third kappa shape index (κ3) is 3.26. The van der Waals surface area contributed by atoms with E-state index in [0.717, 1.165) is 31.1 Å². The van der Waals surface area contributed by atoms with Gasteiger partial charge in [0.2, 0.25) is 0 Å². The molecule has 1 fully saturated rings. The van der Waals surface area contributed by atoms with Crippen LogP contribution in [0.2, 0.25) is 10.0 Å². The molecule has 5 heteroatoms. The highest BCUT2D eigenvalue weighted by molar-refractivity contribution is 6.37. The number of nitrogens with one attached hydrogen (secondary N) is 1. The van der Waals surface area contributed by atoms with Crippen molar-refractivity contribution in [3.63, 3.8) is 0 Å². The van der Waals surface area contributed by atoms with E-state index in [4.69, 9.17) is 23.2 Å². The molecule has 2 heterocycles. The first-order valence-electron chi connectivity index (χ1n) is 6.89. The summed E-state index contributed by atoms with van der Waals surface area (Å²) in [6.45, 7) is 8.45. The zero-order valence-electron chi connectivity index (χ0n) is 11.7. The molecule has 0 saturated carbocycles. The number of anilines is 2. The van der Waals surface area contributed by atoms with Gasteiger partial charge in [-0.2, -0.15) is 0 Å². The van der Waals surface area contributed by atoms with Crippen LogP contribution in [0.3, 0.4) is 0 Å². The van der Waals surface area contributed by atoms with Crippen molar-refractivity contribution in [2.24, 2.45) is 5.92 Å². The van der Waals surface area contributed by atoms with Gasteiger partial charge in [0, 0.05) is 19.1 Å². The van der Waals surface area contributed by atoms with E-state index in [2.05, 4.69) is 36.0 Å². The third-order valence-corrected chi connectivity index (χ3v) is 4.08. The number of rotatable bonds is 4. The summed E-state index contributed by atoms with van der Waals surface area (Å²) in [6.07, 6.45) is 2.21. The molecule has 2 unspecified atom stereocenters. The summed E-state index contributed by atoms with van der Waals surface area (Å²) in [5.41, 5.74) is 0. The molecule has 106 valence electrons. The highest BCUT2D eigenvalue weighted by Gasteiger charge is 2.29. The lowest BCUT2D eigenvalue weighted by Gasteiger charge is -2.24. The monoisotopic (exact) mass is 301 g/mol. The average molecular weight is 302 g/mol. The molecule has 1 saturated heterocycles. The molecule has 2 rings (SSSR count). The van der Waals surface area contributed by atoms with Gasteiger partial charge in [0.15, 0.2) is 0 Å². The van der Waals surface area contributed by atoms with Crippen molar-refractivity contribution >= 4 is 34.8 Å². The van der Waals surface area contributed by atoms with Gasteiger partial charge < -0.3 is 10.2 Å². The fraction of sp³-hybridized carbons (Fsp3) is 0.643. The topological polar surface area (TPSA) is 28.2 Å². The van der Waals surface area contributed by atoms with E-state index in [1.165, 1.54) is 6.42 Å². The molecule has 1 N–H and O–H groups in total. The Morgan fingerprint density at radius 2 is 2.11 bits per heavy atom. The number of aromatic nitrogens is 1. The highest BCUT2D eigenvalue weighted by Crippen LogP contribution is 2.36. The quantitative estimate of drug-likeness (QED) is 0.891. The fourth-order valence-corrected chi connectivity index (χ4v) is 3.15. The van der Waals surface area contributed by atoms with Crippen molar-refractivity contribution in [3.8, 4) is 0 Å². The van der Waals surface area contributed by atoms with Gasteiger partial charge in [-0.25, -0.2) is 4.98 Å². The van der Waals surface area contributed by atoms with Crippen LogP contribution in [0.1, 0.15) is 33.6 Å². The Morgan fingerprint density at radius 3 is 2.68 bits per heavy atom. The Kier molecular flexibility index (Phi) is 4.80. The van der Waals surface area contributed by atoms with E-state index in [1.54, 1.807) is 6.07 Å². The third-order valence-electron chi connectivity index (χ3n) is 3.51. The van der Waals surface area contributed by atoms with Gasteiger partial charge in [0.25, 0.3) is 0 Å². The predicted octanol–water partition coefficient (Wildman–Crippen LogP) is 4.45. The van der Waals surface area contributed by atoms with Crippen molar-refractivity contribution < 1.29 is 0 Å². The predicted molar refractivity (Wildman–Crippen MR) is 83.6 cm³/mol. The van der Waals surface area contributed by atoms with Crippen LogP contribution in [0.4, 0.5) is 11.6 Å². The first-order valence-corrected chi connectivity index (χ1v) is 7.65. The standard InChI is InChI=1S/C14H21Cl2N3/c1-4-5-17-13-11(15)7-12(16)14(18-13)19-8-9(2)6-10(19)3/h7,9-10H,4-6,8H2,1-3H3,(H,17,18). The summed E-state index contributed by atoms with van der Waals surface area (Å²) >= 11 is 12.5. The Morgan fingerprint density at radius 1 is 1.37 bits per heavy atom.